The molecule has 1 saturated heterocycles. The third-order valence-electron chi connectivity index (χ3n) is 1.07. The van der Waals surface area contributed by atoms with E-state index in [2.05, 4.69) is 10.6 Å². The lowest BCUT2D eigenvalue weighted by atomic mass is 10.6. The largest absolute Gasteiger partial charge is 0.339 e. The van der Waals surface area contributed by atoms with E-state index in [-0.39, 0.29) is 13.3 Å². The summed E-state index contributed by atoms with van der Waals surface area (Å²) in [6.45, 7) is 0.282. The van der Waals surface area contributed by atoms with Gasteiger partial charge in [-0.2, -0.15) is 0 Å². The van der Waals surface area contributed by atoms with Crippen LogP contribution in [-0.4, -0.2) is 39.9 Å². The topological polar surface area (TPSA) is 88.0 Å². The first kappa shape index (κ1) is 6.87. The summed E-state index contributed by atoms with van der Waals surface area (Å²) in [5.74, 6) is 0. The van der Waals surface area contributed by atoms with Crippen LogP contribution in [0.3, 0.4) is 0 Å². The molecule has 0 spiro atoms. The minimum atomic E-state index is -2.29. The maximum Gasteiger partial charge on any atom is 0.313 e. The number of nitrogens with one attached hydrogen (secondary N) is 2. The Balaban J connectivity index is 2.49. The first-order valence-electron chi connectivity index (χ1n) is 2.50. The fraction of sp³-hybridized carbons (Fsp3) is 1.00. The number of hydrogen-bond acceptors (Lipinski definition) is 6. The zero-order valence-corrected chi connectivity index (χ0v) is 4.70. The van der Waals surface area contributed by atoms with Crippen LogP contribution in [0.15, 0.2) is 0 Å². The molecule has 6 nitrogen and oxygen atoms in total. The first-order chi connectivity index (χ1) is 4.13. The van der Waals surface area contributed by atoms with Crippen LogP contribution in [0.25, 0.3) is 0 Å². The molecule has 0 unspecified atom stereocenters. The summed E-state index contributed by atoms with van der Waals surface area (Å²) in [5, 5.41) is 31.3. The second kappa shape index (κ2) is 2.18. The molecule has 0 aromatic carbocycles. The minimum absolute atomic E-state index is 0.0278. The fourth-order valence-electron chi connectivity index (χ4n) is 0.544. The van der Waals surface area contributed by atoms with E-state index in [1.807, 2.05) is 0 Å². The summed E-state index contributed by atoms with van der Waals surface area (Å²) in [6, 6.07) is -2.29. The molecule has 0 amide bonds. The molecule has 1 fully saturated rings. The van der Waals surface area contributed by atoms with Gasteiger partial charge in [-0.1, -0.05) is 0 Å². The summed E-state index contributed by atoms with van der Waals surface area (Å²) in [4.78, 5) is 0. The van der Waals surface area contributed by atoms with Gasteiger partial charge in [0.05, 0.1) is 13.3 Å². The third kappa shape index (κ3) is 1.36. The van der Waals surface area contributed by atoms with Gasteiger partial charge in [0.15, 0.2) is 0 Å². The van der Waals surface area contributed by atoms with Crippen molar-refractivity contribution in [2.24, 2.45) is 0 Å². The van der Waals surface area contributed by atoms with E-state index in [0.717, 1.165) is 0 Å². The van der Waals surface area contributed by atoms with Crippen LogP contribution >= 0.6 is 0 Å². The van der Waals surface area contributed by atoms with E-state index in [1.54, 1.807) is 0 Å². The van der Waals surface area contributed by atoms with Crippen LogP contribution in [-0.2, 0) is 0 Å². The number of rotatable bonds is 0. The highest BCUT2D eigenvalue weighted by atomic mass is 16.7. The Labute approximate surface area is 51.7 Å². The second-order valence-corrected chi connectivity index (χ2v) is 1.80. The van der Waals surface area contributed by atoms with Crippen molar-refractivity contribution in [3.8, 4) is 0 Å². The van der Waals surface area contributed by atoms with E-state index in [0.29, 0.717) is 5.06 Å². The molecular formula is C3H9N3O3. The number of nitrogens with zero attached hydrogens (tertiary/aromatic N) is 1. The lowest BCUT2D eigenvalue weighted by Gasteiger charge is -2.34. The maximum absolute atomic E-state index is 8.72. The van der Waals surface area contributed by atoms with E-state index >= 15 is 0 Å². The summed E-state index contributed by atoms with van der Waals surface area (Å²) < 4.78 is 0. The fourth-order valence-corrected chi connectivity index (χ4v) is 0.544. The van der Waals surface area contributed by atoms with Gasteiger partial charge in [-0.05, 0) is 0 Å². The van der Waals surface area contributed by atoms with Crippen molar-refractivity contribution >= 4 is 0 Å². The first-order valence-corrected chi connectivity index (χ1v) is 2.50. The van der Waals surface area contributed by atoms with Gasteiger partial charge in [-0.25, -0.2) is 5.32 Å². The number of hydrogen-bond donors (Lipinski definition) is 5. The maximum atomic E-state index is 8.72. The van der Waals surface area contributed by atoms with Gasteiger partial charge < -0.3 is 15.4 Å². The molecule has 6 heteroatoms. The Hall–Kier alpha value is -0.240. The molecule has 0 bridgehead atoms. The zero-order chi connectivity index (χ0) is 6.91. The van der Waals surface area contributed by atoms with Gasteiger partial charge in [0.2, 0.25) is 0 Å². The Kier molecular flexibility index (Phi) is 1.66. The summed E-state index contributed by atoms with van der Waals surface area (Å²) in [5.41, 5.74) is 0. The van der Waals surface area contributed by atoms with Gasteiger partial charge in [0.1, 0.15) is 0 Å². The van der Waals surface area contributed by atoms with Crippen LogP contribution in [0, 0.1) is 0 Å². The summed E-state index contributed by atoms with van der Waals surface area (Å²) in [7, 11) is 0. The highest BCUT2D eigenvalue weighted by Crippen LogP contribution is 2.00. The predicted octanol–water partition coefficient (Wildman–Crippen LogP) is -2.62. The highest BCUT2D eigenvalue weighted by Gasteiger charge is 2.32. The van der Waals surface area contributed by atoms with Gasteiger partial charge in [-0.15, -0.1) is 5.06 Å². The zero-order valence-electron chi connectivity index (χ0n) is 4.70. The molecule has 1 aliphatic heterocycles. The van der Waals surface area contributed by atoms with Crippen LogP contribution in [0.4, 0.5) is 0 Å². The Morgan fingerprint density at radius 2 is 2.11 bits per heavy atom. The monoisotopic (exact) mass is 135 g/mol. The standard InChI is InChI=1S/C3H9N3O3/c7-3(8)5-1-4-2-6(3)9/h4-5,7-9H,1-2H2. The van der Waals surface area contributed by atoms with Crippen molar-refractivity contribution in [3.05, 3.63) is 0 Å². The van der Waals surface area contributed by atoms with Crippen molar-refractivity contribution < 1.29 is 15.4 Å². The van der Waals surface area contributed by atoms with Gasteiger partial charge in [0, 0.05) is 0 Å². The van der Waals surface area contributed by atoms with E-state index in [1.165, 1.54) is 0 Å². The predicted molar refractivity (Wildman–Crippen MR) is 26.8 cm³/mol. The van der Waals surface area contributed by atoms with Crippen LogP contribution in [0.1, 0.15) is 0 Å². The lowest BCUT2D eigenvalue weighted by molar-refractivity contribution is -0.388. The lowest BCUT2D eigenvalue weighted by Crippen LogP contribution is -2.66. The van der Waals surface area contributed by atoms with Crippen LogP contribution in [0.5, 0.6) is 0 Å². The Morgan fingerprint density at radius 3 is 2.44 bits per heavy atom. The molecule has 1 rings (SSSR count). The molecule has 0 atom stereocenters. The molecule has 0 aromatic heterocycles. The molecule has 9 heavy (non-hydrogen) atoms. The molecule has 0 radical (unpaired) electrons. The molecule has 0 saturated carbocycles. The molecule has 5 N–H and O–H groups in total. The van der Waals surface area contributed by atoms with Crippen molar-refractivity contribution in [1.29, 1.82) is 0 Å². The van der Waals surface area contributed by atoms with Crippen molar-refractivity contribution in [2.45, 2.75) is 6.03 Å². The number of aliphatic hydroxyl groups is 2. The van der Waals surface area contributed by atoms with Crippen molar-refractivity contribution in [2.75, 3.05) is 13.3 Å². The average molecular weight is 135 g/mol. The van der Waals surface area contributed by atoms with Gasteiger partial charge in [0.25, 0.3) is 0 Å². The number of hydroxylamine groups is 2. The van der Waals surface area contributed by atoms with Crippen molar-refractivity contribution in [1.82, 2.24) is 15.7 Å². The van der Waals surface area contributed by atoms with Crippen LogP contribution < -0.4 is 10.6 Å². The molecule has 54 valence electrons. The Morgan fingerprint density at radius 1 is 1.44 bits per heavy atom. The molecule has 0 aliphatic carbocycles. The molecule has 0 aromatic rings. The highest BCUT2D eigenvalue weighted by molar-refractivity contribution is 4.61. The van der Waals surface area contributed by atoms with Crippen LogP contribution in [0.2, 0.25) is 0 Å². The SMILES string of the molecule is ON1CNCNC1(O)O. The summed E-state index contributed by atoms with van der Waals surface area (Å²) in [6.07, 6.45) is 0. The molecule has 1 heterocycles. The summed E-state index contributed by atoms with van der Waals surface area (Å²) >= 11 is 0. The van der Waals surface area contributed by atoms with Gasteiger partial charge >= 0.3 is 6.03 Å². The third-order valence-corrected chi connectivity index (χ3v) is 1.07. The Bertz CT molecular complexity index is 106. The smallest absolute Gasteiger partial charge is 0.313 e. The van der Waals surface area contributed by atoms with Gasteiger partial charge in [-0.3, -0.25) is 5.32 Å². The van der Waals surface area contributed by atoms with Crippen molar-refractivity contribution in [3.63, 3.8) is 0 Å². The quantitative estimate of drug-likeness (QED) is 0.234. The van der Waals surface area contributed by atoms with E-state index in [4.69, 9.17) is 15.4 Å². The van der Waals surface area contributed by atoms with E-state index < -0.39 is 6.03 Å². The molecule has 1 aliphatic rings. The normalized spacial score (nSPS) is 28.3. The molecular weight excluding hydrogens is 126 g/mol. The average Bonchev–Trinajstić information content (AvgIpc) is 1.77. The minimum Gasteiger partial charge on any atom is -0.339 e. The van der Waals surface area contributed by atoms with E-state index in [9.17, 15) is 0 Å². The second-order valence-electron chi connectivity index (χ2n) is 1.80.